The Morgan fingerprint density at radius 2 is 0.939 bits per heavy atom. The highest BCUT2D eigenvalue weighted by Gasteiger charge is 2.24. The molecule has 0 aromatic rings. The van der Waals surface area contributed by atoms with Crippen LogP contribution in [0.4, 0.5) is 0 Å². The Morgan fingerprint density at radius 3 is 1.30 bits per heavy atom. The van der Waals surface area contributed by atoms with Crippen molar-refractivity contribution in [2.45, 2.75) is 142 Å². The first kappa shape index (κ1) is 35.5. The molecule has 0 N–H and O–H groups in total. The first-order chi connectivity index (χ1) is 15.5. The molecule has 3 nitrogen and oxygen atoms in total. The summed E-state index contributed by atoms with van der Waals surface area (Å²) in [5.74, 6) is 0. The van der Waals surface area contributed by atoms with Gasteiger partial charge in [-0.15, -0.1) is 0 Å². The summed E-state index contributed by atoms with van der Waals surface area (Å²) in [6.45, 7) is 12.9. The van der Waals surface area contributed by atoms with Gasteiger partial charge in [0.25, 0.3) is 0 Å². The van der Waals surface area contributed by atoms with Gasteiger partial charge < -0.3 is 25.7 Å². The van der Waals surface area contributed by atoms with E-state index in [0.717, 1.165) is 17.7 Å². The van der Waals surface area contributed by atoms with Crippen molar-refractivity contribution in [2.24, 2.45) is 0 Å². The van der Waals surface area contributed by atoms with Gasteiger partial charge >= 0.3 is 9.28 Å². The fourth-order valence-corrected chi connectivity index (χ4v) is 6.43. The van der Waals surface area contributed by atoms with Crippen LogP contribution in [0.3, 0.4) is 0 Å². The van der Waals surface area contributed by atoms with Gasteiger partial charge in [-0.05, 0) is 26.7 Å². The zero-order valence-corrected chi connectivity index (χ0v) is 25.6. The first-order valence-electron chi connectivity index (χ1n) is 14.5. The Balaban J connectivity index is 0. The molecule has 0 aromatic heterocycles. The van der Waals surface area contributed by atoms with Crippen LogP contribution in [0.2, 0.25) is 5.54 Å². The third-order valence-electron chi connectivity index (χ3n) is 6.93. The summed E-state index contributed by atoms with van der Waals surface area (Å²) in [5.41, 5.74) is 0.595. The van der Waals surface area contributed by atoms with Crippen molar-refractivity contribution >= 4 is 9.28 Å². The number of unbranched alkanes of at least 4 members (excludes halogenated alkanes) is 15. The van der Waals surface area contributed by atoms with Crippen molar-refractivity contribution in [2.75, 3.05) is 40.4 Å². The highest BCUT2D eigenvalue weighted by Crippen LogP contribution is 2.19. The van der Waals surface area contributed by atoms with E-state index in [2.05, 4.69) is 41.8 Å². The summed E-state index contributed by atoms with van der Waals surface area (Å²) >= 11 is 0. The molecule has 0 rings (SSSR count). The summed E-state index contributed by atoms with van der Waals surface area (Å²) in [7, 11) is 3.30. The van der Waals surface area contributed by atoms with E-state index in [9.17, 15) is 0 Å². The molecular formula is C28H62ClNO2Si. The molecule has 5 heteroatoms. The maximum atomic E-state index is 5.91. The van der Waals surface area contributed by atoms with Crippen LogP contribution >= 0.6 is 0 Å². The molecule has 1 atom stereocenters. The van der Waals surface area contributed by atoms with Gasteiger partial charge in [0.15, 0.2) is 0 Å². The lowest BCUT2D eigenvalue weighted by Crippen LogP contribution is -3.00. The molecule has 0 aromatic carbocycles. The molecule has 0 aliphatic rings. The molecule has 0 saturated heterocycles. The summed E-state index contributed by atoms with van der Waals surface area (Å²) in [5, 5.41) is 0. The van der Waals surface area contributed by atoms with Gasteiger partial charge in [0.1, 0.15) is 0 Å². The molecular weight excluding hydrogens is 446 g/mol. The zero-order chi connectivity index (χ0) is 23.9. The summed E-state index contributed by atoms with van der Waals surface area (Å²) in [6.07, 6.45) is 24.3. The predicted octanol–water partition coefficient (Wildman–Crippen LogP) is 5.40. The van der Waals surface area contributed by atoms with E-state index in [1.807, 2.05) is 0 Å². The lowest BCUT2D eigenvalue weighted by atomic mass is 10.0. The van der Waals surface area contributed by atoms with Crippen LogP contribution in [0.1, 0.15) is 137 Å². The Morgan fingerprint density at radius 1 is 0.576 bits per heavy atom. The monoisotopic (exact) mass is 507 g/mol. The van der Waals surface area contributed by atoms with Gasteiger partial charge in [0.2, 0.25) is 0 Å². The summed E-state index contributed by atoms with van der Waals surface area (Å²) < 4.78 is 13.0. The van der Waals surface area contributed by atoms with E-state index < -0.39 is 9.28 Å². The van der Waals surface area contributed by atoms with Crippen molar-refractivity contribution < 1.29 is 25.7 Å². The van der Waals surface area contributed by atoms with Crippen LogP contribution < -0.4 is 12.4 Å². The first-order valence-corrected chi connectivity index (χ1v) is 16.1. The minimum Gasteiger partial charge on any atom is -1.00 e. The highest BCUT2D eigenvalue weighted by atomic mass is 35.5. The molecule has 0 fully saturated rings. The molecule has 33 heavy (non-hydrogen) atoms. The number of halogens is 1. The lowest BCUT2D eigenvalue weighted by molar-refractivity contribution is -0.890. The van der Waals surface area contributed by atoms with Gasteiger partial charge in [-0.2, -0.15) is 0 Å². The van der Waals surface area contributed by atoms with E-state index in [1.54, 1.807) is 0 Å². The van der Waals surface area contributed by atoms with Gasteiger partial charge in [0.05, 0.1) is 27.2 Å². The van der Waals surface area contributed by atoms with E-state index in [4.69, 9.17) is 8.85 Å². The van der Waals surface area contributed by atoms with Crippen LogP contribution in [-0.2, 0) is 8.85 Å². The number of quaternary nitrogens is 1. The molecule has 0 aliphatic carbocycles. The second-order valence-electron chi connectivity index (χ2n) is 10.7. The summed E-state index contributed by atoms with van der Waals surface area (Å²) in [4.78, 5) is 0. The Bertz CT molecular complexity index is 379. The predicted molar refractivity (Wildman–Crippen MR) is 146 cm³/mol. The fourth-order valence-electron chi connectivity index (χ4n) is 4.59. The average Bonchev–Trinajstić information content (AvgIpc) is 2.77. The van der Waals surface area contributed by atoms with E-state index in [-0.39, 0.29) is 12.4 Å². The second kappa shape index (κ2) is 25.5. The third-order valence-corrected chi connectivity index (χ3v) is 9.52. The molecule has 0 bridgehead atoms. The van der Waals surface area contributed by atoms with Crippen molar-refractivity contribution in [3.8, 4) is 0 Å². The quantitative estimate of drug-likeness (QED) is 0.0935. The van der Waals surface area contributed by atoms with Crippen LogP contribution in [0.5, 0.6) is 0 Å². The maximum Gasteiger partial charge on any atom is 0.324 e. The molecule has 0 heterocycles. The molecule has 0 spiro atoms. The van der Waals surface area contributed by atoms with Crippen molar-refractivity contribution in [1.82, 2.24) is 0 Å². The largest absolute Gasteiger partial charge is 1.00 e. The number of hydrogen-bond donors (Lipinski definition) is 0. The Hall–Kier alpha value is 0.387. The van der Waals surface area contributed by atoms with Crippen LogP contribution in [0.15, 0.2) is 0 Å². The number of hydrogen-bond acceptors (Lipinski definition) is 2. The maximum absolute atomic E-state index is 5.91. The Labute approximate surface area is 217 Å². The molecule has 0 saturated carbocycles. The van der Waals surface area contributed by atoms with Gasteiger partial charge in [0, 0.05) is 25.2 Å². The van der Waals surface area contributed by atoms with Crippen molar-refractivity contribution in [3.63, 3.8) is 0 Å². The minimum atomic E-state index is -1.49. The van der Waals surface area contributed by atoms with E-state index in [1.165, 1.54) is 122 Å². The highest BCUT2D eigenvalue weighted by molar-refractivity contribution is 6.46. The van der Waals surface area contributed by atoms with E-state index >= 15 is 0 Å². The molecule has 0 amide bonds. The molecule has 1 unspecified atom stereocenters. The molecule has 202 valence electrons. The molecule has 0 radical (unpaired) electrons. The molecule has 0 aliphatic heterocycles. The van der Waals surface area contributed by atoms with Gasteiger partial charge in [-0.3, -0.25) is 0 Å². The lowest BCUT2D eigenvalue weighted by Gasteiger charge is -2.32. The second-order valence-corrected chi connectivity index (χ2v) is 13.3. The normalized spacial score (nSPS) is 12.8. The fraction of sp³-hybridized carbons (Fsp3) is 1.00. The topological polar surface area (TPSA) is 18.5 Å². The number of rotatable bonds is 25. The smallest absolute Gasteiger partial charge is 0.324 e. The zero-order valence-electron chi connectivity index (χ0n) is 23.6. The van der Waals surface area contributed by atoms with E-state index in [0.29, 0.717) is 5.54 Å². The van der Waals surface area contributed by atoms with Crippen LogP contribution in [-0.4, -0.2) is 54.2 Å². The average molecular weight is 508 g/mol. The van der Waals surface area contributed by atoms with Crippen molar-refractivity contribution in [3.05, 3.63) is 0 Å². The third kappa shape index (κ3) is 23.9. The number of nitrogens with zero attached hydrogens (tertiary/aromatic N) is 1. The SMILES string of the molecule is CCCCCCCCCCCCCCCCCC[N+](C)(C)CCC(C)[SiH](OCC)OCC.[Cl-]. The Kier molecular flexibility index (Phi) is 27.4. The van der Waals surface area contributed by atoms with Crippen LogP contribution in [0.25, 0.3) is 0 Å². The van der Waals surface area contributed by atoms with Crippen molar-refractivity contribution in [1.29, 1.82) is 0 Å². The van der Waals surface area contributed by atoms with Crippen LogP contribution in [0, 0.1) is 0 Å². The standard InChI is InChI=1S/C28H62NO2Si.ClH/c1-7-10-11-12-13-14-15-16-17-18-19-20-21-22-23-24-26-29(5,6)27-25-28(4)32(30-8-2)31-9-3;/h28,32H,7-27H2,1-6H3;1H/q+1;/p-1. The van der Waals surface area contributed by atoms with Gasteiger partial charge in [-0.1, -0.05) is 104 Å². The summed E-state index contributed by atoms with van der Waals surface area (Å²) in [6, 6.07) is 0. The minimum absolute atomic E-state index is 0. The van der Waals surface area contributed by atoms with Gasteiger partial charge in [-0.25, -0.2) is 0 Å².